The van der Waals surface area contributed by atoms with E-state index in [2.05, 4.69) is 205 Å². The third-order valence-electron chi connectivity index (χ3n) is 11.9. The van der Waals surface area contributed by atoms with Crippen molar-refractivity contribution in [3.63, 3.8) is 0 Å². The second-order valence-corrected chi connectivity index (χ2v) is 15.9. The van der Waals surface area contributed by atoms with E-state index in [1.54, 1.807) is 0 Å². The van der Waals surface area contributed by atoms with Crippen molar-refractivity contribution in [2.24, 2.45) is 0 Å². The Morgan fingerprint density at radius 2 is 1.00 bits per heavy atom. The van der Waals surface area contributed by atoms with Gasteiger partial charge in [0.1, 0.15) is 11.5 Å². The molecule has 0 fully saturated rings. The standard InChI is InChI=1S/C53H33NOS/c1-2-12-34(13-3-1)35-22-25-37(26-23-35)54(39-27-29-42-41-16-6-11-21-50(41)56-51(42)33-39)38-28-30-43-47(32-38)53(46-31-24-36-14-4-5-15-40(36)52(43)46)44-17-7-9-19-48(44)55-49-20-10-8-18-45(49)53/h1-33H. The smallest absolute Gasteiger partial charge is 0.132 e. The van der Waals surface area contributed by atoms with E-state index < -0.39 is 5.41 Å². The zero-order valence-electron chi connectivity index (χ0n) is 30.3. The summed E-state index contributed by atoms with van der Waals surface area (Å²) in [6.45, 7) is 0. The number of ether oxygens (including phenoxy) is 1. The van der Waals surface area contributed by atoms with Crippen molar-refractivity contribution < 1.29 is 4.74 Å². The molecule has 1 aliphatic heterocycles. The van der Waals surface area contributed by atoms with Gasteiger partial charge in [0.05, 0.1) is 5.41 Å². The fourth-order valence-corrected chi connectivity index (χ4v) is 10.7. The number of hydrogen-bond donors (Lipinski definition) is 0. The molecule has 3 heteroatoms. The van der Waals surface area contributed by atoms with Crippen LogP contribution in [0, 0.1) is 0 Å². The molecule has 0 saturated carbocycles. The normalized spacial score (nSPS) is 13.3. The lowest BCUT2D eigenvalue weighted by Gasteiger charge is -2.39. The number of rotatable bonds is 4. The average Bonchev–Trinajstić information content (AvgIpc) is 3.78. The highest BCUT2D eigenvalue weighted by Crippen LogP contribution is 2.63. The first-order valence-electron chi connectivity index (χ1n) is 19.2. The maximum atomic E-state index is 6.70. The van der Waals surface area contributed by atoms with E-state index in [0.717, 1.165) is 39.7 Å². The Morgan fingerprint density at radius 3 is 1.80 bits per heavy atom. The van der Waals surface area contributed by atoms with Crippen molar-refractivity contribution in [3.05, 3.63) is 222 Å². The lowest BCUT2D eigenvalue weighted by Crippen LogP contribution is -2.32. The first kappa shape index (κ1) is 31.4. The van der Waals surface area contributed by atoms with Gasteiger partial charge in [0.2, 0.25) is 0 Å². The summed E-state index contributed by atoms with van der Waals surface area (Å²) in [5.41, 5.74) is 12.6. The summed E-state index contributed by atoms with van der Waals surface area (Å²) in [5.74, 6) is 1.79. The number of nitrogens with zero attached hydrogens (tertiary/aromatic N) is 1. The van der Waals surface area contributed by atoms with Gasteiger partial charge in [0.25, 0.3) is 0 Å². The summed E-state index contributed by atoms with van der Waals surface area (Å²) in [7, 11) is 0. The van der Waals surface area contributed by atoms with Crippen LogP contribution >= 0.6 is 11.3 Å². The van der Waals surface area contributed by atoms with Gasteiger partial charge >= 0.3 is 0 Å². The molecule has 12 rings (SSSR count). The molecular weight excluding hydrogens is 699 g/mol. The second kappa shape index (κ2) is 12.0. The minimum atomic E-state index is -0.589. The van der Waals surface area contributed by atoms with Crippen LogP contribution in [0.3, 0.4) is 0 Å². The zero-order chi connectivity index (χ0) is 36.8. The molecule has 2 nitrogen and oxygen atoms in total. The van der Waals surface area contributed by atoms with Crippen molar-refractivity contribution in [2.75, 3.05) is 4.90 Å². The molecule has 56 heavy (non-hydrogen) atoms. The van der Waals surface area contributed by atoms with Crippen LogP contribution in [0.5, 0.6) is 11.5 Å². The Morgan fingerprint density at radius 1 is 0.393 bits per heavy atom. The van der Waals surface area contributed by atoms with Crippen LogP contribution < -0.4 is 9.64 Å². The highest BCUT2D eigenvalue weighted by Gasteiger charge is 2.51. The lowest BCUT2D eigenvalue weighted by molar-refractivity contribution is 0.436. The molecule has 262 valence electrons. The van der Waals surface area contributed by atoms with Crippen LogP contribution in [0.1, 0.15) is 22.3 Å². The summed E-state index contributed by atoms with van der Waals surface area (Å²) in [6, 6.07) is 73.2. The molecule has 2 heterocycles. The summed E-state index contributed by atoms with van der Waals surface area (Å²) >= 11 is 1.86. The number of para-hydroxylation sites is 2. The first-order valence-corrected chi connectivity index (χ1v) is 20.0. The van der Waals surface area contributed by atoms with Gasteiger partial charge in [-0.25, -0.2) is 0 Å². The molecule has 0 amide bonds. The molecule has 0 bridgehead atoms. The Labute approximate surface area is 329 Å². The van der Waals surface area contributed by atoms with E-state index in [0.29, 0.717) is 0 Å². The molecule has 0 N–H and O–H groups in total. The van der Waals surface area contributed by atoms with Crippen LogP contribution in [-0.4, -0.2) is 0 Å². The van der Waals surface area contributed by atoms with Crippen LogP contribution in [0.25, 0.3) is 53.2 Å². The quantitative estimate of drug-likeness (QED) is 0.179. The number of benzene rings is 9. The number of hydrogen-bond acceptors (Lipinski definition) is 3. The molecule has 0 radical (unpaired) electrons. The van der Waals surface area contributed by atoms with E-state index >= 15 is 0 Å². The van der Waals surface area contributed by atoms with Crippen molar-refractivity contribution in [1.29, 1.82) is 0 Å². The van der Waals surface area contributed by atoms with E-state index in [4.69, 9.17) is 4.74 Å². The summed E-state index contributed by atoms with van der Waals surface area (Å²) < 4.78 is 9.28. The number of thiophene rings is 1. The van der Waals surface area contributed by atoms with E-state index in [1.165, 1.54) is 64.3 Å². The minimum Gasteiger partial charge on any atom is -0.457 e. The highest BCUT2D eigenvalue weighted by molar-refractivity contribution is 7.25. The lowest BCUT2D eigenvalue weighted by atomic mass is 9.66. The Kier molecular flexibility index (Phi) is 6.75. The Balaban J connectivity index is 1.14. The van der Waals surface area contributed by atoms with Gasteiger partial charge in [-0.1, -0.05) is 146 Å². The zero-order valence-corrected chi connectivity index (χ0v) is 31.1. The molecule has 0 atom stereocenters. The molecule has 9 aromatic carbocycles. The minimum absolute atomic E-state index is 0.589. The Hall–Kier alpha value is -6.94. The SMILES string of the molecule is c1ccc(-c2ccc(N(c3ccc4c(c3)C3(c5ccccc5Oc5ccccc53)c3ccc5ccccc5c3-4)c3ccc4c(c3)sc3ccccc34)cc2)cc1. The fourth-order valence-electron chi connectivity index (χ4n) is 9.53. The third kappa shape index (κ3) is 4.43. The van der Waals surface area contributed by atoms with E-state index in [1.807, 2.05) is 11.3 Å². The molecule has 1 aliphatic carbocycles. The van der Waals surface area contributed by atoms with Gasteiger partial charge in [-0.05, 0) is 98.8 Å². The summed E-state index contributed by atoms with van der Waals surface area (Å²) in [5, 5.41) is 5.10. The van der Waals surface area contributed by atoms with Gasteiger partial charge in [-0.15, -0.1) is 11.3 Å². The predicted octanol–water partition coefficient (Wildman–Crippen LogP) is 14.8. The molecule has 10 aromatic rings. The van der Waals surface area contributed by atoms with Crippen LogP contribution in [0.15, 0.2) is 200 Å². The average molecular weight is 732 g/mol. The largest absolute Gasteiger partial charge is 0.457 e. The number of anilines is 3. The predicted molar refractivity (Wildman–Crippen MR) is 234 cm³/mol. The molecule has 2 aliphatic rings. The third-order valence-corrected chi connectivity index (χ3v) is 13.1. The molecule has 1 aromatic heterocycles. The Bertz CT molecular complexity index is 3130. The van der Waals surface area contributed by atoms with Crippen molar-refractivity contribution in [1.82, 2.24) is 0 Å². The maximum Gasteiger partial charge on any atom is 0.132 e. The van der Waals surface area contributed by atoms with Gasteiger partial charge in [0, 0.05) is 48.4 Å². The first-order chi connectivity index (χ1) is 27.8. The number of fused-ring (bicyclic) bond motifs is 14. The second-order valence-electron chi connectivity index (χ2n) is 14.8. The van der Waals surface area contributed by atoms with E-state index in [9.17, 15) is 0 Å². The monoisotopic (exact) mass is 731 g/mol. The summed E-state index contributed by atoms with van der Waals surface area (Å²) in [4.78, 5) is 2.44. The topological polar surface area (TPSA) is 12.5 Å². The highest BCUT2D eigenvalue weighted by atomic mass is 32.1. The van der Waals surface area contributed by atoms with Crippen molar-refractivity contribution in [2.45, 2.75) is 5.41 Å². The van der Waals surface area contributed by atoms with Gasteiger partial charge in [-0.2, -0.15) is 0 Å². The van der Waals surface area contributed by atoms with Crippen molar-refractivity contribution in [3.8, 4) is 33.8 Å². The van der Waals surface area contributed by atoms with Crippen molar-refractivity contribution >= 4 is 59.3 Å². The maximum absolute atomic E-state index is 6.70. The van der Waals surface area contributed by atoms with Gasteiger partial charge < -0.3 is 9.64 Å². The molecule has 1 spiro atoms. The summed E-state index contributed by atoms with van der Waals surface area (Å²) in [6.07, 6.45) is 0. The molecule has 0 unspecified atom stereocenters. The van der Waals surface area contributed by atoms with E-state index in [-0.39, 0.29) is 0 Å². The van der Waals surface area contributed by atoms with Gasteiger partial charge in [0.15, 0.2) is 0 Å². The van der Waals surface area contributed by atoms with Gasteiger partial charge in [-0.3, -0.25) is 0 Å². The molecular formula is C53H33NOS. The van der Waals surface area contributed by atoms with Crippen LogP contribution in [0.4, 0.5) is 17.1 Å². The fraction of sp³-hybridized carbons (Fsp3) is 0.0189. The molecule has 0 saturated heterocycles. The van der Waals surface area contributed by atoms with Crippen LogP contribution in [-0.2, 0) is 5.41 Å². The van der Waals surface area contributed by atoms with Crippen LogP contribution in [0.2, 0.25) is 0 Å².